The van der Waals surface area contributed by atoms with Crippen LogP contribution in [0.4, 0.5) is 5.69 Å². The van der Waals surface area contributed by atoms with Crippen molar-refractivity contribution in [1.82, 2.24) is 0 Å². The molecule has 1 aliphatic heterocycles. The van der Waals surface area contributed by atoms with E-state index in [4.69, 9.17) is 5.73 Å². The highest BCUT2D eigenvalue weighted by Gasteiger charge is 2.18. The molecule has 1 fully saturated rings. The highest BCUT2D eigenvalue weighted by Crippen LogP contribution is 2.22. The maximum atomic E-state index is 11.4. The Morgan fingerprint density at radius 2 is 2.13 bits per heavy atom. The van der Waals surface area contributed by atoms with Crippen molar-refractivity contribution in [2.45, 2.75) is 19.4 Å². The fourth-order valence-corrected chi connectivity index (χ4v) is 2.04. The Kier molecular flexibility index (Phi) is 3.02. The van der Waals surface area contributed by atoms with Crippen molar-refractivity contribution < 1.29 is 4.79 Å². The first-order valence-electron chi connectivity index (χ1n) is 5.36. The second kappa shape index (κ2) is 4.45. The summed E-state index contributed by atoms with van der Waals surface area (Å²) in [6.07, 6.45) is 1.68. The molecule has 0 spiro atoms. The van der Waals surface area contributed by atoms with Gasteiger partial charge in [-0.2, -0.15) is 0 Å². The highest BCUT2D eigenvalue weighted by atomic mass is 16.1. The SMILES string of the molecule is NCc1ccccc1N1CCCC(=O)C1. The number of ketones is 1. The maximum absolute atomic E-state index is 11.4. The first-order chi connectivity index (χ1) is 7.31. The van der Waals surface area contributed by atoms with Crippen LogP contribution in [0, 0.1) is 0 Å². The van der Waals surface area contributed by atoms with Crippen LogP contribution in [0.25, 0.3) is 0 Å². The number of benzene rings is 1. The summed E-state index contributed by atoms with van der Waals surface area (Å²) in [5.74, 6) is 0.327. The zero-order chi connectivity index (χ0) is 10.7. The van der Waals surface area contributed by atoms with E-state index in [0.29, 0.717) is 18.9 Å². The third-order valence-electron chi connectivity index (χ3n) is 2.80. The van der Waals surface area contributed by atoms with Crippen LogP contribution in [0.5, 0.6) is 0 Å². The summed E-state index contributed by atoms with van der Waals surface area (Å²) in [5, 5.41) is 0. The van der Waals surface area contributed by atoms with Gasteiger partial charge in [0, 0.05) is 25.2 Å². The Balaban J connectivity index is 2.24. The molecule has 0 aliphatic carbocycles. The van der Waals surface area contributed by atoms with Crippen molar-refractivity contribution in [3.05, 3.63) is 29.8 Å². The molecule has 1 saturated heterocycles. The normalized spacial score (nSPS) is 16.9. The van der Waals surface area contributed by atoms with Gasteiger partial charge in [-0.15, -0.1) is 0 Å². The van der Waals surface area contributed by atoms with Gasteiger partial charge in [-0.05, 0) is 18.1 Å². The Morgan fingerprint density at radius 1 is 1.33 bits per heavy atom. The third kappa shape index (κ3) is 2.18. The zero-order valence-corrected chi connectivity index (χ0v) is 8.78. The quantitative estimate of drug-likeness (QED) is 0.790. The molecular weight excluding hydrogens is 188 g/mol. The average molecular weight is 204 g/mol. The Hall–Kier alpha value is -1.35. The van der Waals surface area contributed by atoms with Crippen molar-refractivity contribution in [3.8, 4) is 0 Å². The van der Waals surface area contributed by atoms with Crippen LogP contribution >= 0.6 is 0 Å². The Bertz CT molecular complexity index is 362. The van der Waals surface area contributed by atoms with Crippen molar-refractivity contribution in [2.24, 2.45) is 5.73 Å². The maximum Gasteiger partial charge on any atom is 0.152 e. The van der Waals surface area contributed by atoms with Gasteiger partial charge in [0.25, 0.3) is 0 Å². The number of anilines is 1. The first kappa shape index (κ1) is 10.2. The number of piperidine rings is 1. The lowest BCUT2D eigenvalue weighted by atomic mass is 10.1. The van der Waals surface area contributed by atoms with E-state index in [1.807, 2.05) is 24.3 Å². The molecule has 0 aromatic heterocycles. The number of carbonyl (C=O) groups excluding carboxylic acids is 1. The standard InChI is InChI=1S/C12H16N2O/c13-8-10-4-1-2-6-12(10)14-7-3-5-11(15)9-14/h1-2,4,6H,3,5,7-9,13H2. The van der Waals surface area contributed by atoms with Gasteiger partial charge >= 0.3 is 0 Å². The first-order valence-corrected chi connectivity index (χ1v) is 5.36. The van der Waals surface area contributed by atoms with Gasteiger partial charge in [0.1, 0.15) is 0 Å². The molecule has 80 valence electrons. The second-order valence-corrected chi connectivity index (χ2v) is 3.90. The molecule has 3 nitrogen and oxygen atoms in total. The minimum atomic E-state index is 0.327. The van der Waals surface area contributed by atoms with Crippen LogP contribution in [0.3, 0.4) is 0 Å². The predicted octanol–water partition coefficient (Wildman–Crippen LogP) is 1.31. The molecule has 3 heteroatoms. The van der Waals surface area contributed by atoms with E-state index in [9.17, 15) is 4.79 Å². The van der Waals surface area contributed by atoms with Crippen LogP contribution in [0.1, 0.15) is 18.4 Å². The van der Waals surface area contributed by atoms with Crippen molar-refractivity contribution in [3.63, 3.8) is 0 Å². The Labute approximate surface area is 89.9 Å². The molecule has 0 saturated carbocycles. The molecular formula is C12H16N2O. The smallest absolute Gasteiger partial charge is 0.152 e. The lowest BCUT2D eigenvalue weighted by Gasteiger charge is -2.29. The second-order valence-electron chi connectivity index (χ2n) is 3.90. The lowest BCUT2D eigenvalue weighted by Crippen LogP contribution is -2.36. The Morgan fingerprint density at radius 3 is 2.87 bits per heavy atom. The number of hydrogen-bond donors (Lipinski definition) is 1. The molecule has 2 N–H and O–H groups in total. The molecule has 1 aromatic rings. The van der Waals surface area contributed by atoms with Crippen LogP contribution < -0.4 is 10.6 Å². The van der Waals surface area contributed by atoms with Gasteiger partial charge in [-0.25, -0.2) is 0 Å². The summed E-state index contributed by atoms with van der Waals surface area (Å²) in [4.78, 5) is 13.5. The monoisotopic (exact) mass is 204 g/mol. The zero-order valence-electron chi connectivity index (χ0n) is 8.78. The molecule has 0 amide bonds. The highest BCUT2D eigenvalue weighted by molar-refractivity contribution is 5.85. The van der Waals surface area contributed by atoms with Gasteiger partial charge in [-0.1, -0.05) is 18.2 Å². The van der Waals surface area contributed by atoms with Gasteiger partial charge in [0.05, 0.1) is 6.54 Å². The minimum Gasteiger partial charge on any atom is -0.364 e. The van der Waals surface area contributed by atoms with E-state index in [-0.39, 0.29) is 0 Å². The fraction of sp³-hybridized carbons (Fsp3) is 0.417. The van der Waals surface area contributed by atoms with E-state index in [1.165, 1.54) is 0 Å². The number of rotatable bonds is 2. The van der Waals surface area contributed by atoms with E-state index in [1.54, 1.807) is 0 Å². The van der Waals surface area contributed by atoms with Crippen molar-refractivity contribution >= 4 is 11.5 Å². The number of nitrogens with two attached hydrogens (primary N) is 1. The number of hydrogen-bond acceptors (Lipinski definition) is 3. The van der Waals surface area contributed by atoms with Gasteiger partial charge in [0.15, 0.2) is 5.78 Å². The molecule has 2 rings (SSSR count). The van der Waals surface area contributed by atoms with E-state index in [2.05, 4.69) is 4.90 Å². The van der Waals surface area contributed by atoms with Crippen LogP contribution in [-0.2, 0) is 11.3 Å². The van der Waals surface area contributed by atoms with Gasteiger partial charge < -0.3 is 10.6 Å². The molecule has 1 aromatic carbocycles. The number of para-hydroxylation sites is 1. The van der Waals surface area contributed by atoms with Crippen LogP contribution in [0.15, 0.2) is 24.3 Å². The van der Waals surface area contributed by atoms with Crippen molar-refractivity contribution in [2.75, 3.05) is 18.0 Å². The lowest BCUT2D eigenvalue weighted by molar-refractivity contribution is -0.118. The molecule has 0 unspecified atom stereocenters. The molecule has 0 bridgehead atoms. The minimum absolute atomic E-state index is 0.327. The molecule has 0 atom stereocenters. The molecule has 0 radical (unpaired) electrons. The summed E-state index contributed by atoms with van der Waals surface area (Å²) in [6.45, 7) is 2.03. The number of nitrogens with zero attached hydrogens (tertiary/aromatic N) is 1. The summed E-state index contributed by atoms with van der Waals surface area (Å²) in [6, 6.07) is 8.04. The largest absolute Gasteiger partial charge is 0.364 e. The predicted molar refractivity (Wildman–Crippen MR) is 60.8 cm³/mol. The van der Waals surface area contributed by atoms with Gasteiger partial charge in [0.2, 0.25) is 0 Å². The molecule has 1 aliphatic rings. The number of carbonyl (C=O) groups is 1. The topological polar surface area (TPSA) is 46.3 Å². The van der Waals surface area contributed by atoms with Crippen LogP contribution in [-0.4, -0.2) is 18.9 Å². The van der Waals surface area contributed by atoms with Gasteiger partial charge in [-0.3, -0.25) is 4.79 Å². The van der Waals surface area contributed by atoms with E-state index in [0.717, 1.165) is 30.6 Å². The molecule has 1 heterocycles. The summed E-state index contributed by atoms with van der Waals surface area (Å²) in [7, 11) is 0. The number of Topliss-reactive ketones (excluding diaryl/α,β-unsaturated/α-hetero) is 1. The summed E-state index contributed by atoms with van der Waals surface area (Å²) in [5.41, 5.74) is 7.92. The summed E-state index contributed by atoms with van der Waals surface area (Å²) < 4.78 is 0. The average Bonchev–Trinajstić information content (AvgIpc) is 2.29. The van der Waals surface area contributed by atoms with Crippen molar-refractivity contribution in [1.29, 1.82) is 0 Å². The van der Waals surface area contributed by atoms with E-state index < -0.39 is 0 Å². The van der Waals surface area contributed by atoms with Crippen LogP contribution in [0.2, 0.25) is 0 Å². The molecule has 15 heavy (non-hydrogen) atoms. The summed E-state index contributed by atoms with van der Waals surface area (Å²) >= 11 is 0. The fourth-order valence-electron chi connectivity index (χ4n) is 2.04. The third-order valence-corrected chi connectivity index (χ3v) is 2.80. The van der Waals surface area contributed by atoms with E-state index >= 15 is 0 Å².